The molecule has 0 spiro atoms. The van der Waals surface area contributed by atoms with Crippen LogP contribution in [0.4, 0.5) is 0 Å². The third-order valence-corrected chi connectivity index (χ3v) is 12.7. The molecule has 0 heterocycles. The quantitative estimate of drug-likeness (QED) is 0.233. The highest BCUT2D eigenvalue weighted by Crippen LogP contribution is 2.64. The van der Waals surface area contributed by atoms with Gasteiger partial charge in [0.15, 0.2) is 0 Å². The minimum atomic E-state index is -3.80. The fraction of sp³-hybridized carbons (Fsp3) is 0.706. The number of rotatable bonds is 7. The monoisotopic (exact) mass is 568 g/mol. The highest BCUT2D eigenvalue weighted by molar-refractivity contribution is 7.89. The summed E-state index contributed by atoms with van der Waals surface area (Å²) >= 11 is 0. The number of allylic oxidation sites excluding steroid dienone is 3. The molecule has 3 N–H and O–H groups in total. The van der Waals surface area contributed by atoms with Crippen molar-refractivity contribution in [2.45, 2.75) is 129 Å². The fourth-order valence-corrected chi connectivity index (χ4v) is 10.3. The van der Waals surface area contributed by atoms with Crippen molar-refractivity contribution in [3.8, 4) is 0 Å². The molecule has 1 aromatic rings. The normalized spacial score (nSPS) is 33.9. The lowest BCUT2D eigenvalue weighted by molar-refractivity contribution is -0.0311. The molecule has 0 aromatic heterocycles. The van der Waals surface area contributed by atoms with E-state index in [1.165, 1.54) is 11.1 Å². The van der Waals surface area contributed by atoms with Gasteiger partial charge in [0.1, 0.15) is 0 Å². The number of aliphatic hydroxyl groups is 1. The summed E-state index contributed by atoms with van der Waals surface area (Å²) in [5, 5.41) is 10.3. The van der Waals surface area contributed by atoms with Gasteiger partial charge in [-0.05, 0) is 103 Å². The average Bonchev–Trinajstić information content (AvgIpc) is 3.23. The van der Waals surface area contributed by atoms with Crippen LogP contribution in [0.2, 0.25) is 0 Å². The van der Waals surface area contributed by atoms with Crippen LogP contribution in [0.25, 0.3) is 0 Å². The van der Waals surface area contributed by atoms with Gasteiger partial charge in [-0.25, -0.2) is 8.42 Å². The van der Waals surface area contributed by atoms with E-state index >= 15 is 0 Å². The maximum absolute atomic E-state index is 14.0. The zero-order valence-corrected chi connectivity index (χ0v) is 26.8. The zero-order valence-electron chi connectivity index (χ0n) is 26.0. The summed E-state index contributed by atoms with van der Waals surface area (Å²) in [6.07, 6.45) is 11.6. The molecule has 2 fully saturated rings. The molecular weight excluding hydrogens is 516 g/mol. The van der Waals surface area contributed by atoms with E-state index in [4.69, 9.17) is 0 Å². The van der Waals surface area contributed by atoms with Crippen molar-refractivity contribution in [2.75, 3.05) is 0 Å². The molecule has 0 amide bonds. The third kappa shape index (κ3) is 4.90. The molecule has 2 saturated carbocycles. The van der Waals surface area contributed by atoms with E-state index in [2.05, 4.69) is 89.9 Å². The summed E-state index contributed by atoms with van der Waals surface area (Å²) in [6.45, 7) is 17.4. The molecule has 40 heavy (non-hydrogen) atoms. The molecule has 1 aromatic carbocycles. The largest absolute Gasteiger partial charge is 0.393 e. The molecule has 5 rings (SSSR count). The first-order chi connectivity index (χ1) is 18.7. The second-order valence-electron chi connectivity index (χ2n) is 14.7. The molecule has 0 aliphatic heterocycles. The minimum absolute atomic E-state index is 0.0666. The topological polar surface area (TPSA) is 78.4 Å². The van der Waals surface area contributed by atoms with E-state index in [1.54, 1.807) is 0 Å². The first-order valence-electron chi connectivity index (χ1n) is 15.7. The zero-order chi connectivity index (χ0) is 29.2. The second kappa shape index (κ2) is 10.6. The Balaban J connectivity index is 1.39. The molecule has 4 aliphatic rings. The molecule has 6 atom stereocenters. The summed E-state index contributed by atoms with van der Waals surface area (Å²) in [7, 11) is -3.80. The van der Waals surface area contributed by atoms with Gasteiger partial charge in [-0.2, -0.15) is 0 Å². The van der Waals surface area contributed by atoms with Crippen molar-refractivity contribution < 1.29 is 13.5 Å². The Morgan fingerprint density at radius 1 is 0.850 bits per heavy atom. The van der Waals surface area contributed by atoms with Crippen molar-refractivity contribution in [3.63, 3.8) is 0 Å². The molecular formula is C34H52N2O3S. The highest BCUT2D eigenvalue weighted by Gasteiger charge is 2.57. The lowest BCUT2D eigenvalue weighted by Gasteiger charge is -2.57. The van der Waals surface area contributed by atoms with Crippen molar-refractivity contribution in [1.82, 2.24) is 10.3 Å². The van der Waals surface area contributed by atoms with Crippen LogP contribution in [-0.4, -0.2) is 19.6 Å². The van der Waals surface area contributed by atoms with Crippen LogP contribution >= 0.6 is 0 Å². The average molecular weight is 569 g/mol. The van der Waals surface area contributed by atoms with E-state index in [0.717, 1.165) is 61.8 Å². The number of sulfonamides is 1. The SMILES string of the molecule is CC(C)c1cc(C(C)C)c(S(=O)(=O)NNC2=CCC3C4CC=C5C[C@@H](O)CC[C@]5(C)C4CC[C@]23C)c(C(C)C)c1. The number of benzene rings is 1. The molecule has 4 aliphatic carbocycles. The number of aliphatic hydroxyl groups excluding tert-OH is 1. The van der Waals surface area contributed by atoms with E-state index in [0.29, 0.717) is 28.6 Å². The Bertz CT molecular complexity index is 1280. The number of hydrazine groups is 1. The predicted octanol–water partition coefficient (Wildman–Crippen LogP) is 7.66. The van der Waals surface area contributed by atoms with Crippen molar-refractivity contribution >= 4 is 10.0 Å². The van der Waals surface area contributed by atoms with Crippen LogP contribution in [0, 0.1) is 28.6 Å². The first-order valence-corrected chi connectivity index (χ1v) is 17.2. The van der Waals surface area contributed by atoms with Gasteiger partial charge in [0.05, 0.1) is 11.0 Å². The maximum Gasteiger partial charge on any atom is 0.257 e. The summed E-state index contributed by atoms with van der Waals surface area (Å²) < 4.78 is 28.0. The number of hydrogen-bond acceptors (Lipinski definition) is 4. The summed E-state index contributed by atoms with van der Waals surface area (Å²) in [6, 6.07) is 4.19. The van der Waals surface area contributed by atoms with Crippen LogP contribution < -0.4 is 10.3 Å². The Hall–Kier alpha value is -1.63. The summed E-state index contributed by atoms with van der Waals surface area (Å²) in [4.78, 5) is 3.30. The van der Waals surface area contributed by atoms with E-state index < -0.39 is 10.0 Å². The summed E-state index contributed by atoms with van der Waals surface area (Å²) in [5.41, 5.74) is 8.90. The third-order valence-electron chi connectivity index (χ3n) is 11.3. The van der Waals surface area contributed by atoms with E-state index in [-0.39, 0.29) is 28.8 Å². The molecule has 3 unspecified atom stereocenters. The Morgan fingerprint density at radius 2 is 1.48 bits per heavy atom. The Kier molecular flexibility index (Phi) is 7.89. The maximum atomic E-state index is 14.0. The molecule has 0 radical (unpaired) electrons. The van der Waals surface area contributed by atoms with Crippen molar-refractivity contribution in [3.05, 3.63) is 52.2 Å². The van der Waals surface area contributed by atoms with Crippen LogP contribution in [0.15, 0.2) is 40.5 Å². The lowest BCUT2D eigenvalue weighted by Crippen LogP contribution is -2.51. The smallest absolute Gasteiger partial charge is 0.257 e. The van der Waals surface area contributed by atoms with E-state index in [9.17, 15) is 13.5 Å². The van der Waals surface area contributed by atoms with Crippen LogP contribution in [0.3, 0.4) is 0 Å². The van der Waals surface area contributed by atoms with Gasteiger partial charge in [-0.3, -0.25) is 0 Å². The number of hydrogen-bond donors (Lipinski definition) is 3. The summed E-state index contributed by atoms with van der Waals surface area (Å²) in [5.74, 6) is 2.26. The lowest BCUT2D eigenvalue weighted by atomic mass is 9.48. The molecule has 5 nitrogen and oxygen atoms in total. The molecule has 0 bridgehead atoms. The molecule has 222 valence electrons. The second-order valence-corrected chi connectivity index (χ2v) is 16.3. The number of fused-ring (bicyclic) bond motifs is 5. The van der Waals surface area contributed by atoms with Crippen molar-refractivity contribution in [1.29, 1.82) is 0 Å². The Morgan fingerprint density at radius 3 is 2.08 bits per heavy atom. The fourth-order valence-electron chi connectivity index (χ4n) is 8.78. The van der Waals surface area contributed by atoms with Gasteiger partial charge >= 0.3 is 0 Å². The predicted molar refractivity (Wildman–Crippen MR) is 163 cm³/mol. The van der Waals surface area contributed by atoms with Crippen LogP contribution in [0.1, 0.15) is 135 Å². The van der Waals surface area contributed by atoms with Gasteiger partial charge in [-0.1, -0.05) is 85.2 Å². The molecule has 0 saturated heterocycles. The van der Waals surface area contributed by atoms with Gasteiger partial charge in [-0.15, -0.1) is 4.83 Å². The molecule has 6 heteroatoms. The van der Waals surface area contributed by atoms with Gasteiger partial charge < -0.3 is 10.5 Å². The Labute approximate surface area is 243 Å². The van der Waals surface area contributed by atoms with Gasteiger partial charge in [0.2, 0.25) is 0 Å². The minimum Gasteiger partial charge on any atom is -0.393 e. The first kappa shape index (κ1) is 29.8. The standard InChI is InChI=1S/C34H52N2O3S/c1-20(2)23-17-27(21(3)4)32(28(18-23)22(5)6)40(38,39)36-35-31-12-11-29-26-10-9-24-19-25(37)13-15-33(24,7)30(26)14-16-34(29,31)8/h9,12,17-18,20-22,25-26,29-30,35-37H,10-11,13-16,19H2,1-8H3/t25-,26?,29?,30?,33-,34-/m0/s1. The van der Waals surface area contributed by atoms with Crippen LogP contribution in [-0.2, 0) is 10.0 Å². The highest BCUT2D eigenvalue weighted by atomic mass is 32.2. The van der Waals surface area contributed by atoms with Gasteiger partial charge in [0, 0.05) is 11.1 Å². The van der Waals surface area contributed by atoms with Crippen molar-refractivity contribution in [2.24, 2.45) is 28.6 Å². The van der Waals surface area contributed by atoms with Crippen LogP contribution in [0.5, 0.6) is 0 Å². The van der Waals surface area contributed by atoms with Gasteiger partial charge in [0.25, 0.3) is 10.0 Å². The number of nitrogens with one attached hydrogen (secondary N) is 2. The van der Waals surface area contributed by atoms with E-state index in [1.807, 2.05) is 0 Å².